The number of piperazine rings is 1. The van der Waals surface area contributed by atoms with Gasteiger partial charge in [0.15, 0.2) is 0 Å². The first-order chi connectivity index (χ1) is 13.6. The first kappa shape index (κ1) is 19.4. The lowest BCUT2D eigenvalue weighted by molar-refractivity contribution is -0.115. The molecule has 3 aliphatic heterocycles. The number of carbonyl (C=O) groups is 2. The lowest BCUT2D eigenvalue weighted by Gasteiger charge is -2.38. The van der Waals surface area contributed by atoms with Gasteiger partial charge in [0, 0.05) is 38.9 Å². The van der Waals surface area contributed by atoms with Crippen molar-refractivity contribution in [1.82, 2.24) is 25.1 Å². The minimum atomic E-state index is -0.363. The molecular weight excluding hydrogens is 376 g/mol. The van der Waals surface area contributed by atoms with Crippen LogP contribution < -0.4 is 10.2 Å². The van der Waals surface area contributed by atoms with Crippen LogP contribution in [0.3, 0.4) is 0 Å². The van der Waals surface area contributed by atoms with Crippen molar-refractivity contribution in [2.24, 2.45) is 5.92 Å². The van der Waals surface area contributed by atoms with Crippen molar-refractivity contribution in [2.45, 2.75) is 12.8 Å². The zero-order chi connectivity index (χ0) is 19.5. The summed E-state index contributed by atoms with van der Waals surface area (Å²) in [6, 6.07) is 1.75. The van der Waals surface area contributed by atoms with Crippen LogP contribution in [0.25, 0.3) is 6.08 Å². The highest BCUT2D eigenvalue weighted by atomic mass is 32.2. The summed E-state index contributed by atoms with van der Waals surface area (Å²) in [4.78, 5) is 39.5. The number of carbonyl (C=O) groups excluding carboxylic acids is 2. The molecule has 4 rings (SSSR count). The van der Waals surface area contributed by atoms with E-state index in [4.69, 9.17) is 0 Å². The lowest BCUT2D eigenvalue weighted by Crippen LogP contribution is -2.49. The number of rotatable bonds is 4. The van der Waals surface area contributed by atoms with E-state index in [1.165, 1.54) is 32.5 Å². The van der Waals surface area contributed by atoms with Crippen LogP contribution in [0.5, 0.6) is 0 Å². The Morgan fingerprint density at radius 3 is 2.61 bits per heavy atom. The van der Waals surface area contributed by atoms with Crippen LogP contribution in [-0.2, 0) is 4.79 Å². The van der Waals surface area contributed by atoms with E-state index >= 15 is 0 Å². The van der Waals surface area contributed by atoms with Gasteiger partial charge in [0.2, 0.25) is 5.95 Å². The third-order valence-electron chi connectivity index (χ3n) is 5.60. The van der Waals surface area contributed by atoms with Crippen molar-refractivity contribution >= 4 is 34.9 Å². The maximum absolute atomic E-state index is 11.7. The molecule has 1 N–H and O–H groups in total. The minimum absolute atomic E-state index is 0.341. The number of nitrogens with one attached hydrogen (secondary N) is 1. The third-order valence-corrected chi connectivity index (χ3v) is 6.41. The molecule has 0 radical (unpaired) electrons. The molecule has 3 saturated heterocycles. The molecule has 0 aliphatic carbocycles. The van der Waals surface area contributed by atoms with Gasteiger partial charge in [-0.05, 0) is 62.8 Å². The molecule has 0 atom stereocenters. The molecule has 3 fully saturated rings. The van der Waals surface area contributed by atoms with Gasteiger partial charge in [-0.25, -0.2) is 9.97 Å². The number of hydrogen-bond acceptors (Lipinski definition) is 8. The van der Waals surface area contributed by atoms with Crippen LogP contribution in [0.2, 0.25) is 0 Å². The minimum Gasteiger partial charge on any atom is -0.338 e. The van der Waals surface area contributed by atoms with Crippen LogP contribution in [0, 0.1) is 5.92 Å². The van der Waals surface area contributed by atoms with E-state index in [9.17, 15) is 9.59 Å². The van der Waals surface area contributed by atoms with Crippen LogP contribution in [0.1, 0.15) is 18.5 Å². The molecule has 4 heterocycles. The smallest absolute Gasteiger partial charge is 0.290 e. The highest BCUT2D eigenvalue weighted by Gasteiger charge is 2.26. The molecule has 1 aromatic rings. The highest BCUT2D eigenvalue weighted by molar-refractivity contribution is 8.18. The van der Waals surface area contributed by atoms with E-state index in [1.54, 1.807) is 18.3 Å². The quantitative estimate of drug-likeness (QED) is 0.754. The molecule has 9 heteroatoms. The Morgan fingerprint density at radius 1 is 1.18 bits per heavy atom. The molecule has 0 unspecified atom stereocenters. The zero-order valence-electron chi connectivity index (χ0n) is 16.1. The van der Waals surface area contributed by atoms with Gasteiger partial charge < -0.3 is 9.80 Å². The third kappa shape index (κ3) is 4.71. The summed E-state index contributed by atoms with van der Waals surface area (Å²) in [6.07, 6.45) is 5.95. The van der Waals surface area contributed by atoms with Crippen molar-refractivity contribution in [3.05, 3.63) is 22.9 Å². The van der Waals surface area contributed by atoms with E-state index in [1.807, 2.05) is 0 Å². The SMILES string of the molecule is CN1CCC(CN2CCN(c3nccc(/C=C4/SC(=O)NC4=O)n3)CC2)CC1. The second-order valence-corrected chi connectivity index (χ2v) is 8.68. The number of aromatic nitrogens is 2. The average Bonchev–Trinajstić information content (AvgIpc) is 3.01. The summed E-state index contributed by atoms with van der Waals surface area (Å²) in [5, 5.41) is 1.92. The van der Waals surface area contributed by atoms with Gasteiger partial charge >= 0.3 is 0 Å². The molecular formula is C19H26N6O2S. The molecule has 0 saturated carbocycles. The van der Waals surface area contributed by atoms with Gasteiger partial charge in [0.25, 0.3) is 11.1 Å². The molecule has 0 bridgehead atoms. The van der Waals surface area contributed by atoms with Gasteiger partial charge in [0.05, 0.1) is 10.6 Å². The van der Waals surface area contributed by atoms with Crippen molar-refractivity contribution in [3.63, 3.8) is 0 Å². The first-order valence-corrected chi connectivity index (χ1v) is 10.6. The summed E-state index contributed by atoms with van der Waals surface area (Å²) in [6.45, 7) is 7.46. The monoisotopic (exact) mass is 402 g/mol. The Bertz CT molecular complexity index is 769. The topological polar surface area (TPSA) is 81.7 Å². The van der Waals surface area contributed by atoms with Crippen molar-refractivity contribution in [3.8, 4) is 0 Å². The number of thioether (sulfide) groups is 1. The molecule has 8 nitrogen and oxygen atoms in total. The standard InChI is InChI=1S/C19H26N6O2S/c1-23-6-3-14(4-7-23)13-24-8-10-25(11-9-24)18-20-5-2-15(21-18)12-16-17(26)22-19(27)28-16/h2,5,12,14H,3-4,6-11,13H2,1H3,(H,22,26,27)/b16-12+. The Balaban J connectivity index is 1.33. The fraction of sp³-hybridized carbons (Fsp3) is 0.579. The zero-order valence-corrected chi connectivity index (χ0v) is 17.0. The summed E-state index contributed by atoms with van der Waals surface area (Å²) in [7, 11) is 2.20. The Kier molecular flexibility index (Phi) is 5.93. The largest absolute Gasteiger partial charge is 0.338 e. The van der Waals surface area contributed by atoms with Crippen molar-refractivity contribution < 1.29 is 9.59 Å². The van der Waals surface area contributed by atoms with Crippen LogP contribution >= 0.6 is 11.8 Å². The van der Waals surface area contributed by atoms with Gasteiger partial charge in [0.1, 0.15) is 0 Å². The van der Waals surface area contributed by atoms with Gasteiger partial charge in [-0.15, -0.1) is 0 Å². The summed E-state index contributed by atoms with van der Waals surface area (Å²) in [5.74, 6) is 1.13. The summed E-state index contributed by atoms with van der Waals surface area (Å²) >= 11 is 0.905. The maximum Gasteiger partial charge on any atom is 0.290 e. The number of hydrogen-bond donors (Lipinski definition) is 1. The second kappa shape index (κ2) is 8.59. The second-order valence-electron chi connectivity index (χ2n) is 7.67. The summed E-state index contributed by atoms with van der Waals surface area (Å²) < 4.78 is 0. The van der Waals surface area contributed by atoms with Crippen LogP contribution in [0.15, 0.2) is 17.2 Å². The van der Waals surface area contributed by atoms with E-state index in [2.05, 4.69) is 37.0 Å². The predicted molar refractivity (Wildman–Crippen MR) is 110 cm³/mol. The van der Waals surface area contributed by atoms with Crippen molar-refractivity contribution in [1.29, 1.82) is 0 Å². The maximum atomic E-state index is 11.7. The number of piperidine rings is 1. The number of likely N-dealkylation sites (tertiary alicyclic amines) is 1. The lowest BCUT2D eigenvalue weighted by atomic mass is 9.96. The fourth-order valence-corrected chi connectivity index (χ4v) is 4.56. The van der Waals surface area contributed by atoms with Crippen LogP contribution in [0.4, 0.5) is 10.7 Å². The Morgan fingerprint density at radius 2 is 1.93 bits per heavy atom. The van der Waals surface area contributed by atoms with Gasteiger partial charge in [-0.2, -0.15) is 0 Å². The van der Waals surface area contributed by atoms with Crippen LogP contribution in [-0.4, -0.2) is 83.8 Å². The molecule has 3 aliphatic rings. The van der Waals surface area contributed by atoms with Crippen molar-refractivity contribution in [2.75, 3.05) is 57.8 Å². The van der Waals surface area contributed by atoms with E-state index < -0.39 is 0 Å². The predicted octanol–water partition coefficient (Wildman–Crippen LogP) is 1.26. The molecule has 150 valence electrons. The Hall–Kier alpha value is -1.97. The normalized spacial score (nSPS) is 24.2. The first-order valence-electron chi connectivity index (χ1n) is 9.80. The number of anilines is 1. The van der Waals surface area contributed by atoms with E-state index in [-0.39, 0.29) is 11.1 Å². The van der Waals surface area contributed by atoms with Gasteiger partial charge in [-0.1, -0.05) is 0 Å². The van der Waals surface area contributed by atoms with Gasteiger partial charge in [-0.3, -0.25) is 19.8 Å². The molecule has 2 amide bonds. The molecule has 1 aromatic heterocycles. The van der Waals surface area contributed by atoms with E-state index in [0.29, 0.717) is 16.5 Å². The fourth-order valence-electron chi connectivity index (χ4n) is 3.89. The summed E-state index contributed by atoms with van der Waals surface area (Å²) in [5.41, 5.74) is 0.645. The molecule has 0 spiro atoms. The number of nitrogens with zero attached hydrogens (tertiary/aromatic N) is 5. The average molecular weight is 403 g/mol. The Labute approximate surface area is 169 Å². The molecule has 28 heavy (non-hydrogen) atoms. The number of imide groups is 1. The highest BCUT2D eigenvalue weighted by Crippen LogP contribution is 2.25. The molecule has 0 aromatic carbocycles. The van der Waals surface area contributed by atoms with E-state index in [0.717, 1.165) is 43.9 Å². The number of amides is 2.